The molecule has 4 rings (SSSR count). The van der Waals surface area contributed by atoms with Crippen LogP contribution in [0.1, 0.15) is 12.5 Å². The van der Waals surface area contributed by atoms with E-state index < -0.39 is 11.7 Å². The number of aryl methyl sites for hydroxylation is 1. The van der Waals surface area contributed by atoms with E-state index in [1.807, 2.05) is 0 Å². The van der Waals surface area contributed by atoms with Crippen molar-refractivity contribution in [2.24, 2.45) is 7.05 Å². The third-order valence-corrected chi connectivity index (χ3v) is 4.98. The molecule has 2 aromatic carbocycles. The molecule has 0 saturated heterocycles. The largest absolute Gasteiger partial charge is 0.457 e. The van der Waals surface area contributed by atoms with Crippen LogP contribution < -0.4 is 15.4 Å². The minimum Gasteiger partial charge on any atom is -0.457 e. The minimum atomic E-state index is -4.57. The number of hydrogen-bond donors (Lipinski definition) is 2. The van der Waals surface area contributed by atoms with Gasteiger partial charge in [-0.15, -0.1) is 0 Å². The van der Waals surface area contributed by atoms with E-state index in [0.29, 0.717) is 34.3 Å². The van der Waals surface area contributed by atoms with E-state index in [-0.39, 0.29) is 16.6 Å². The van der Waals surface area contributed by atoms with Gasteiger partial charge in [0.2, 0.25) is 11.9 Å². The molecule has 0 aliphatic carbocycles. The molecule has 0 aliphatic rings. The fourth-order valence-electron chi connectivity index (χ4n) is 3.15. The first-order chi connectivity index (χ1) is 15.6. The summed E-state index contributed by atoms with van der Waals surface area (Å²) < 4.78 is 47.0. The normalized spacial score (nSPS) is 11.5. The van der Waals surface area contributed by atoms with Crippen LogP contribution in [-0.4, -0.2) is 20.4 Å². The summed E-state index contributed by atoms with van der Waals surface area (Å²) in [7, 11) is 1.73. The molecule has 4 aromatic rings. The number of halogens is 4. The van der Waals surface area contributed by atoms with Gasteiger partial charge < -0.3 is 19.9 Å². The number of benzene rings is 2. The number of nitrogens with one attached hydrogen (secondary N) is 2. The highest BCUT2D eigenvalue weighted by Gasteiger charge is 2.33. The van der Waals surface area contributed by atoms with Crippen LogP contribution in [-0.2, 0) is 18.0 Å². The molecule has 0 bridgehead atoms. The smallest absolute Gasteiger partial charge is 0.417 e. The van der Waals surface area contributed by atoms with Gasteiger partial charge in [0.25, 0.3) is 0 Å². The van der Waals surface area contributed by atoms with Gasteiger partial charge in [-0.05, 0) is 36.4 Å². The molecule has 0 spiro atoms. The average Bonchev–Trinajstić information content (AvgIpc) is 3.03. The van der Waals surface area contributed by atoms with Gasteiger partial charge in [-0.1, -0.05) is 11.6 Å². The summed E-state index contributed by atoms with van der Waals surface area (Å²) in [5.41, 5.74) is 0.575. The van der Waals surface area contributed by atoms with Crippen molar-refractivity contribution in [1.29, 1.82) is 0 Å². The van der Waals surface area contributed by atoms with Crippen molar-refractivity contribution in [2.45, 2.75) is 13.1 Å². The first-order valence-corrected chi connectivity index (χ1v) is 10.00. The van der Waals surface area contributed by atoms with Crippen LogP contribution in [0, 0.1) is 0 Å². The average molecular weight is 476 g/mol. The molecule has 2 N–H and O–H groups in total. The summed E-state index contributed by atoms with van der Waals surface area (Å²) in [6, 6.07) is 12.0. The van der Waals surface area contributed by atoms with E-state index in [1.165, 1.54) is 25.3 Å². The maximum Gasteiger partial charge on any atom is 0.417 e. The predicted octanol–water partition coefficient (Wildman–Crippen LogP) is 6.13. The summed E-state index contributed by atoms with van der Waals surface area (Å²) in [5.74, 6) is 1.42. The third kappa shape index (κ3) is 5.01. The van der Waals surface area contributed by atoms with Crippen molar-refractivity contribution < 1.29 is 22.7 Å². The Morgan fingerprint density at radius 1 is 1.09 bits per heavy atom. The van der Waals surface area contributed by atoms with Crippen LogP contribution in [0.5, 0.6) is 11.5 Å². The van der Waals surface area contributed by atoms with E-state index in [0.717, 1.165) is 6.07 Å². The van der Waals surface area contributed by atoms with Crippen LogP contribution in [0.15, 0.2) is 54.7 Å². The van der Waals surface area contributed by atoms with Gasteiger partial charge in [0.05, 0.1) is 21.6 Å². The van der Waals surface area contributed by atoms with Crippen molar-refractivity contribution >= 4 is 46.0 Å². The summed E-state index contributed by atoms with van der Waals surface area (Å²) >= 11 is 5.69. The van der Waals surface area contributed by atoms with E-state index >= 15 is 0 Å². The molecule has 33 heavy (non-hydrogen) atoms. The number of aromatic nitrogens is 3. The van der Waals surface area contributed by atoms with Gasteiger partial charge in [0.1, 0.15) is 17.3 Å². The number of hydrogen-bond acceptors (Lipinski definition) is 5. The molecule has 170 valence electrons. The minimum absolute atomic E-state index is 0.198. The zero-order valence-electron chi connectivity index (χ0n) is 17.4. The van der Waals surface area contributed by atoms with Gasteiger partial charge in [-0.25, -0.2) is 9.97 Å². The Morgan fingerprint density at radius 3 is 2.58 bits per heavy atom. The van der Waals surface area contributed by atoms with Crippen LogP contribution in [0.3, 0.4) is 0 Å². The van der Waals surface area contributed by atoms with E-state index in [2.05, 4.69) is 20.6 Å². The van der Waals surface area contributed by atoms with E-state index in [1.54, 1.807) is 41.9 Å². The number of ether oxygens (including phenoxy) is 1. The molecule has 0 atom stereocenters. The Hall–Kier alpha value is -3.79. The van der Waals surface area contributed by atoms with Crippen LogP contribution >= 0.6 is 11.6 Å². The summed E-state index contributed by atoms with van der Waals surface area (Å²) in [5, 5.41) is 5.10. The summed E-state index contributed by atoms with van der Waals surface area (Å²) in [6.07, 6.45) is -3.06. The lowest BCUT2D eigenvalue weighted by molar-refractivity contribution is -0.137. The second kappa shape index (κ2) is 8.62. The SMILES string of the molecule is CC(=O)Nc1cc(Oc2ccc3nc(Nc4ccc(Cl)c(C(F)(F)F)c4)n(C)c3c2)ccn1. The molecule has 0 unspecified atom stereocenters. The van der Waals surface area contributed by atoms with E-state index in [4.69, 9.17) is 16.3 Å². The number of anilines is 3. The highest BCUT2D eigenvalue weighted by atomic mass is 35.5. The number of pyridine rings is 1. The zero-order chi connectivity index (χ0) is 23.8. The molecule has 0 radical (unpaired) electrons. The Balaban J connectivity index is 1.60. The molecule has 7 nitrogen and oxygen atoms in total. The molecule has 1 amide bonds. The first-order valence-electron chi connectivity index (χ1n) is 9.62. The van der Waals surface area contributed by atoms with Crippen LogP contribution in [0.25, 0.3) is 11.0 Å². The number of alkyl halides is 3. The predicted molar refractivity (Wildman–Crippen MR) is 119 cm³/mol. The molecule has 2 aromatic heterocycles. The van der Waals surface area contributed by atoms with Gasteiger partial charge in [-0.2, -0.15) is 13.2 Å². The third-order valence-electron chi connectivity index (χ3n) is 4.65. The van der Waals surface area contributed by atoms with Crippen molar-refractivity contribution in [3.63, 3.8) is 0 Å². The number of carbonyl (C=O) groups is 1. The highest BCUT2D eigenvalue weighted by molar-refractivity contribution is 6.31. The molecule has 0 aliphatic heterocycles. The standard InChI is InChI=1S/C22H17ClF3N5O2/c1-12(32)28-20-11-15(7-8-27-20)33-14-4-6-18-19(10-14)31(2)21(30-18)29-13-3-5-17(23)16(9-13)22(24,25)26/h3-11H,1-2H3,(H,29,30)(H,27,28,32). The van der Waals surface area contributed by atoms with Crippen molar-refractivity contribution in [1.82, 2.24) is 14.5 Å². The summed E-state index contributed by atoms with van der Waals surface area (Å²) in [6.45, 7) is 1.38. The Morgan fingerprint density at radius 2 is 1.85 bits per heavy atom. The molecule has 0 saturated carbocycles. The lowest BCUT2D eigenvalue weighted by Gasteiger charge is -2.12. The van der Waals surface area contributed by atoms with Gasteiger partial charge in [-0.3, -0.25) is 4.79 Å². The van der Waals surface area contributed by atoms with Crippen molar-refractivity contribution in [2.75, 3.05) is 10.6 Å². The molecular weight excluding hydrogens is 459 g/mol. The van der Waals surface area contributed by atoms with Crippen molar-refractivity contribution in [3.8, 4) is 11.5 Å². The Bertz CT molecular complexity index is 1350. The maximum absolute atomic E-state index is 13.2. The van der Waals surface area contributed by atoms with E-state index in [9.17, 15) is 18.0 Å². The lowest BCUT2D eigenvalue weighted by Crippen LogP contribution is -2.07. The van der Waals surface area contributed by atoms with Crippen LogP contribution in [0.2, 0.25) is 5.02 Å². The summed E-state index contributed by atoms with van der Waals surface area (Å²) in [4.78, 5) is 19.7. The molecular formula is C22H17ClF3N5O2. The second-order valence-corrected chi connectivity index (χ2v) is 7.53. The number of fused-ring (bicyclic) bond motifs is 1. The molecule has 2 heterocycles. The number of rotatable bonds is 5. The Kier molecular flexibility index (Phi) is 5.86. The lowest BCUT2D eigenvalue weighted by atomic mass is 10.2. The number of carbonyl (C=O) groups excluding carboxylic acids is 1. The number of imidazole rings is 1. The molecule has 0 fully saturated rings. The Labute approximate surface area is 191 Å². The monoisotopic (exact) mass is 475 g/mol. The van der Waals surface area contributed by atoms with Gasteiger partial charge >= 0.3 is 6.18 Å². The van der Waals surface area contributed by atoms with Gasteiger partial charge in [0, 0.05) is 38.0 Å². The quantitative estimate of drug-likeness (QED) is 0.362. The fourth-order valence-corrected chi connectivity index (χ4v) is 3.38. The molecule has 11 heteroatoms. The number of nitrogens with zero attached hydrogens (tertiary/aromatic N) is 3. The van der Waals surface area contributed by atoms with Crippen LogP contribution in [0.4, 0.5) is 30.6 Å². The highest BCUT2D eigenvalue weighted by Crippen LogP contribution is 2.37. The van der Waals surface area contributed by atoms with Gasteiger partial charge in [0.15, 0.2) is 0 Å². The topological polar surface area (TPSA) is 81.1 Å². The first kappa shape index (κ1) is 22.4. The second-order valence-electron chi connectivity index (χ2n) is 7.12. The fraction of sp³-hybridized carbons (Fsp3) is 0.136. The maximum atomic E-state index is 13.2. The zero-order valence-corrected chi connectivity index (χ0v) is 18.1. The van der Waals surface area contributed by atoms with Crippen molar-refractivity contribution in [3.05, 3.63) is 65.3 Å². The number of amides is 1.